The number of ether oxygens (including phenoxy) is 1. The topological polar surface area (TPSA) is 53.1 Å². The molecule has 3 atom stereocenters. The number of amides is 2. The molecule has 2 aliphatic rings. The van der Waals surface area contributed by atoms with Crippen molar-refractivity contribution in [1.29, 1.82) is 0 Å². The summed E-state index contributed by atoms with van der Waals surface area (Å²) in [6.45, 7) is 7.45. The number of alkyl halides is 3. The molecule has 2 fully saturated rings. The molecule has 0 aliphatic carbocycles. The summed E-state index contributed by atoms with van der Waals surface area (Å²) < 4.78 is 44.3. The number of fused-ring (bicyclic) bond motifs is 2. The predicted octanol–water partition coefficient (Wildman–Crippen LogP) is 4.45. The van der Waals surface area contributed by atoms with Crippen molar-refractivity contribution < 1.29 is 27.5 Å². The number of carbonyl (C=O) groups is 2. The van der Waals surface area contributed by atoms with Gasteiger partial charge in [-0.3, -0.25) is 14.5 Å². The minimum absolute atomic E-state index is 0.0130. The second-order valence-corrected chi connectivity index (χ2v) is 9.93. The van der Waals surface area contributed by atoms with Gasteiger partial charge in [0.25, 0.3) is 11.8 Å². The van der Waals surface area contributed by atoms with Gasteiger partial charge in [-0.15, -0.1) is 0 Å². The summed E-state index contributed by atoms with van der Waals surface area (Å²) in [5.41, 5.74) is 2.80. The van der Waals surface area contributed by atoms with E-state index in [1.54, 1.807) is 19.0 Å². The van der Waals surface area contributed by atoms with E-state index in [-0.39, 0.29) is 42.1 Å². The van der Waals surface area contributed by atoms with Gasteiger partial charge < -0.3 is 14.5 Å². The smallest absolute Gasteiger partial charge is 0.416 e. The molecule has 2 heterocycles. The average molecular weight is 504 g/mol. The third kappa shape index (κ3) is 4.93. The Bertz CT molecular complexity index is 1150. The van der Waals surface area contributed by atoms with Crippen molar-refractivity contribution >= 4 is 11.8 Å². The number of benzene rings is 2. The zero-order valence-electron chi connectivity index (χ0n) is 21.2. The first-order valence-corrected chi connectivity index (χ1v) is 12.1. The van der Waals surface area contributed by atoms with Crippen LogP contribution in [0.15, 0.2) is 36.4 Å². The molecule has 2 bridgehead atoms. The van der Waals surface area contributed by atoms with Crippen molar-refractivity contribution in [3.63, 3.8) is 0 Å². The molecule has 4 rings (SSSR count). The van der Waals surface area contributed by atoms with Crippen LogP contribution in [0.2, 0.25) is 0 Å². The fraction of sp³-hybridized carbons (Fsp3) is 0.481. The number of rotatable bonds is 6. The van der Waals surface area contributed by atoms with E-state index in [0.29, 0.717) is 18.8 Å². The van der Waals surface area contributed by atoms with Crippen molar-refractivity contribution in [2.45, 2.75) is 51.5 Å². The van der Waals surface area contributed by atoms with Gasteiger partial charge in [0.2, 0.25) is 0 Å². The lowest BCUT2D eigenvalue weighted by atomic mass is 9.96. The van der Waals surface area contributed by atoms with Crippen LogP contribution < -0.4 is 4.74 Å². The van der Waals surface area contributed by atoms with Gasteiger partial charge in [0.05, 0.1) is 5.56 Å². The first-order valence-electron chi connectivity index (χ1n) is 12.1. The van der Waals surface area contributed by atoms with Crippen molar-refractivity contribution in [1.82, 2.24) is 14.7 Å². The molecular weight excluding hydrogens is 471 g/mol. The normalized spacial score (nSPS) is 20.5. The number of nitrogens with zero attached hydrogens (tertiary/aromatic N) is 3. The summed E-state index contributed by atoms with van der Waals surface area (Å²) in [7, 11) is 3.38. The van der Waals surface area contributed by atoms with E-state index in [9.17, 15) is 22.8 Å². The van der Waals surface area contributed by atoms with Gasteiger partial charge in [-0.1, -0.05) is 6.07 Å². The first kappa shape index (κ1) is 26.0. The summed E-state index contributed by atoms with van der Waals surface area (Å²) in [6.07, 6.45) is -3.57. The van der Waals surface area contributed by atoms with E-state index in [1.807, 2.05) is 19.1 Å². The van der Waals surface area contributed by atoms with Gasteiger partial charge >= 0.3 is 6.18 Å². The summed E-state index contributed by atoms with van der Waals surface area (Å²) in [5, 5.41) is 0. The van der Waals surface area contributed by atoms with Gasteiger partial charge in [0.1, 0.15) is 5.75 Å². The molecule has 2 aromatic carbocycles. The molecule has 9 heteroatoms. The van der Waals surface area contributed by atoms with Crippen LogP contribution in [-0.4, -0.2) is 72.4 Å². The Morgan fingerprint density at radius 3 is 2.25 bits per heavy atom. The summed E-state index contributed by atoms with van der Waals surface area (Å²) >= 11 is 0. The van der Waals surface area contributed by atoms with Crippen LogP contribution in [0.3, 0.4) is 0 Å². The molecule has 6 nitrogen and oxygen atoms in total. The monoisotopic (exact) mass is 503 g/mol. The Hall–Kier alpha value is -3.07. The van der Waals surface area contributed by atoms with E-state index >= 15 is 0 Å². The molecule has 0 saturated carbocycles. The van der Waals surface area contributed by atoms with Gasteiger partial charge in [-0.05, 0) is 74.2 Å². The number of hydrogen-bond donors (Lipinski definition) is 0. The highest BCUT2D eigenvalue weighted by Gasteiger charge is 2.47. The zero-order valence-corrected chi connectivity index (χ0v) is 21.2. The molecule has 0 spiro atoms. The van der Waals surface area contributed by atoms with Crippen LogP contribution in [-0.2, 0) is 11.0 Å². The Kier molecular flexibility index (Phi) is 7.05. The molecule has 0 radical (unpaired) electrons. The third-order valence-electron chi connectivity index (χ3n) is 7.58. The molecule has 194 valence electrons. The highest BCUT2D eigenvalue weighted by Crippen LogP contribution is 2.39. The lowest BCUT2D eigenvalue weighted by molar-refractivity contribution is -0.137. The van der Waals surface area contributed by atoms with Crippen LogP contribution in [0.1, 0.15) is 52.0 Å². The van der Waals surface area contributed by atoms with Crippen LogP contribution in [0.4, 0.5) is 13.2 Å². The highest BCUT2D eigenvalue weighted by molar-refractivity contribution is 5.94. The number of carbonyl (C=O) groups excluding carboxylic acids is 2. The molecule has 36 heavy (non-hydrogen) atoms. The van der Waals surface area contributed by atoms with E-state index in [2.05, 4.69) is 18.7 Å². The number of likely N-dealkylation sites (tertiary alicyclic amines) is 2. The van der Waals surface area contributed by atoms with Gasteiger partial charge in [-0.25, -0.2) is 0 Å². The maximum atomic E-state index is 13.0. The SMILES string of the molecule is Cc1c(OCC(=O)N(C)C)ccc([C@H](C)N2C[C@H]3C[C@@H]2CN3C(=O)c2ccc(C(F)(F)F)cc2)c1C. The summed E-state index contributed by atoms with van der Waals surface area (Å²) in [5.74, 6) is 0.368. The maximum Gasteiger partial charge on any atom is 0.416 e. The number of hydrogen-bond acceptors (Lipinski definition) is 4. The van der Waals surface area contributed by atoms with E-state index in [1.165, 1.54) is 22.6 Å². The molecule has 0 aromatic heterocycles. The van der Waals surface area contributed by atoms with E-state index in [4.69, 9.17) is 4.74 Å². The summed E-state index contributed by atoms with van der Waals surface area (Å²) in [4.78, 5) is 30.6. The van der Waals surface area contributed by atoms with Crippen LogP contribution >= 0.6 is 0 Å². The average Bonchev–Trinajstić information content (AvgIpc) is 3.44. The highest BCUT2D eigenvalue weighted by atomic mass is 19.4. The van der Waals surface area contributed by atoms with Gasteiger partial charge in [0, 0.05) is 50.9 Å². The molecule has 0 unspecified atom stereocenters. The third-order valence-corrected chi connectivity index (χ3v) is 7.58. The van der Waals surface area contributed by atoms with E-state index in [0.717, 1.165) is 29.7 Å². The quantitative estimate of drug-likeness (QED) is 0.585. The number of likely N-dealkylation sites (N-methyl/N-ethyl adjacent to an activating group) is 1. The molecule has 2 amide bonds. The van der Waals surface area contributed by atoms with Crippen molar-refractivity contribution in [2.75, 3.05) is 33.8 Å². The second kappa shape index (κ2) is 9.76. The molecule has 0 N–H and O–H groups in total. The lowest BCUT2D eigenvalue weighted by Crippen LogP contribution is -2.49. The van der Waals surface area contributed by atoms with Crippen LogP contribution in [0.25, 0.3) is 0 Å². The fourth-order valence-corrected chi connectivity index (χ4v) is 5.26. The number of piperazine rings is 1. The van der Waals surface area contributed by atoms with Crippen LogP contribution in [0, 0.1) is 13.8 Å². The van der Waals surface area contributed by atoms with Gasteiger partial charge in [0.15, 0.2) is 6.61 Å². The molecule has 2 aliphatic heterocycles. The lowest BCUT2D eigenvalue weighted by Gasteiger charge is -2.38. The Morgan fingerprint density at radius 1 is 1.03 bits per heavy atom. The number of halogens is 3. The van der Waals surface area contributed by atoms with Crippen molar-refractivity contribution in [3.05, 3.63) is 64.2 Å². The van der Waals surface area contributed by atoms with Crippen LogP contribution in [0.5, 0.6) is 5.75 Å². The minimum Gasteiger partial charge on any atom is -0.483 e. The van der Waals surface area contributed by atoms with Gasteiger partial charge in [-0.2, -0.15) is 13.2 Å². The molecule has 2 saturated heterocycles. The Labute approximate surface area is 209 Å². The Balaban J connectivity index is 1.42. The van der Waals surface area contributed by atoms with Crippen molar-refractivity contribution in [2.24, 2.45) is 0 Å². The standard InChI is InChI=1S/C27H32F3N3O3/c1-16-17(2)24(36-15-25(34)31(4)5)11-10-23(16)18(3)32-13-22-12-21(32)14-33(22)26(35)19-6-8-20(9-7-19)27(28,29)30/h6-11,18,21-22H,12-15H2,1-5H3/t18-,21+,22+/m0/s1. The predicted molar refractivity (Wildman–Crippen MR) is 130 cm³/mol. The largest absolute Gasteiger partial charge is 0.483 e. The van der Waals surface area contributed by atoms with Crippen molar-refractivity contribution in [3.8, 4) is 5.75 Å². The fourth-order valence-electron chi connectivity index (χ4n) is 5.26. The molecular formula is C27H32F3N3O3. The van der Waals surface area contributed by atoms with E-state index < -0.39 is 11.7 Å². The first-order chi connectivity index (χ1) is 16.9. The molecule has 2 aromatic rings. The Morgan fingerprint density at radius 2 is 1.69 bits per heavy atom. The zero-order chi connectivity index (χ0) is 26.4. The second-order valence-electron chi connectivity index (χ2n) is 9.93. The summed E-state index contributed by atoms with van der Waals surface area (Å²) in [6, 6.07) is 8.75. The maximum absolute atomic E-state index is 13.0. The minimum atomic E-state index is -4.42.